The molecule has 1 heterocycles. The molecular formula is C23H25N3O. The first-order chi connectivity index (χ1) is 12.8. The molecule has 2 aromatic carbocycles. The summed E-state index contributed by atoms with van der Waals surface area (Å²) in [4.78, 5) is 17.0. The number of rotatable bonds is 4. The zero-order valence-corrected chi connectivity index (χ0v) is 16.2. The highest BCUT2D eigenvalue weighted by Crippen LogP contribution is 2.29. The molecule has 138 valence electrons. The highest BCUT2D eigenvalue weighted by molar-refractivity contribution is 6.05. The summed E-state index contributed by atoms with van der Waals surface area (Å²) in [5.74, 6) is -0.174. The maximum atomic E-state index is 12.8. The van der Waals surface area contributed by atoms with E-state index in [-0.39, 0.29) is 11.3 Å². The maximum Gasteiger partial charge on any atom is 0.257 e. The van der Waals surface area contributed by atoms with Crippen molar-refractivity contribution in [3.8, 4) is 0 Å². The van der Waals surface area contributed by atoms with Crippen LogP contribution in [0.5, 0.6) is 0 Å². The lowest BCUT2D eigenvalue weighted by Gasteiger charge is -2.23. The van der Waals surface area contributed by atoms with E-state index in [1.165, 1.54) is 5.56 Å². The van der Waals surface area contributed by atoms with Crippen LogP contribution >= 0.6 is 0 Å². The Balaban J connectivity index is 1.81. The minimum absolute atomic E-state index is 0.0588. The van der Waals surface area contributed by atoms with Crippen molar-refractivity contribution in [2.24, 2.45) is 0 Å². The number of pyridine rings is 1. The lowest BCUT2D eigenvalue weighted by atomic mass is 9.86. The van der Waals surface area contributed by atoms with Gasteiger partial charge >= 0.3 is 0 Å². The SMILES string of the molecule is Cc1cccc(Nc2cncc(C(=O)Nc3ccccc3C(C)(C)C)c2)c1. The second-order valence-corrected chi connectivity index (χ2v) is 7.71. The van der Waals surface area contributed by atoms with Gasteiger partial charge in [0.05, 0.1) is 17.4 Å². The lowest BCUT2D eigenvalue weighted by Crippen LogP contribution is -2.18. The summed E-state index contributed by atoms with van der Waals surface area (Å²) in [6.07, 6.45) is 3.29. The number of anilines is 3. The van der Waals surface area contributed by atoms with Crippen LogP contribution in [0.2, 0.25) is 0 Å². The standard InChI is InChI=1S/C23H25N3O/c1-16-8-7-9-18(12-16)25-19-13-17(14-24-15-19)22(27)26-21-11-6-5-10-20(21)23(2,3)4/h5-15,25H,1-4H3,(H,26,27). The van der Waals surface area contributed by atoms with Gasteiger partial charge in [0, 0.05) is 17.6 Å². The molecular weight excluding hydrogens is 334 g/mol. The molecule has 0 aliphatic rings. The number of para-hydroxylation sites is 1. The Morgan fingerprint density at radius 2 is 1.70 bits per heavy atom. The van der Waals surface area contributed by atoms with Crippen molar-refractivity contribution in [1.29, 1.82) is 0 Å². The summed E-state index contributed by atoms with van der Waals surface area (Å²) in [5, 5.41) is 6.32. The van der Waals surface area contributed by atoms with Gasteiger partial charge in [-0.1, -0.05) is 51.1 Å². The molecule has 0 aliphatic heterocycles. The van der Waals surface area contributed by atoms with E-state index in [0.29, 0.717) is 5.56 Å². The third kappa shape index (κ3) is 4.73. The van der Waals surface area contributed by atoms with Crippen molar-refractivity contribution in [3.63, 3.8) is 0 Å². The highest BCUT2D eigenvalue weighted by atomic mass is 16.1. The van der Waals surface area contributed by atoms with Crippen LogP contribution in [-0.4, -0.2) is 10.9 Å². The van der Waals surface area contributed by atoms with E-state index >= 15 is 0 Å². The fourth-order valence-corrected chi connectivity index (χ4v) is 2.96. The Labute approximate surface area is 160 Å². The average Bonchev–Trinajstić information content (AvgIpc) is 2.61. The molecule has 3 aromatic rings. The second kappa shape index (κ2) is 7.62. The Kier molecular flexibility index (Phi) is 5.26. The number of carbonyl (C=O) groups is 1. The molecule has 0 unspecified atom stereocenters. The number of hydrogen-bond acceptors (Lipinski definition) is 3. The largest absolute Gasteiger partial charge is 0.354 e. The molecule has 2 N–H and O–H groups in total. The Morgan fingerprint density at radius 1 is 0.926 bits per heavy atom. The number of nitrogens with one attached hydrogen (secondary N) is 2. The number of nitrogens with zero attached hydrogens (tertiary/aromatic N) is 1. The summed E-state index contributed by atoms with van der Waals surface area (Å²) in [6, 6.07) is 17.8. The van der Waals surface area contributed by atoms with Gasteiger partial charge in [-0.05, 0) is 47.7 Å². The second-order valence-electron chi connectivity index (χ2n) is 7.71. The van der Waals surface area contributed by atoms with Gasteiger partial charge in [0.15, 0.2) is 0 Å². The molecule has 0 aliphatic carbocycles. The van der Waals surface area contributed by atoms with Crippen LogP contribution in [0.25, 0.3) is 0 Å². The quantitative estimate of drug-likeness (QED) is 0.630. The molecule has 1 aromatic heterocycles. The van der Waals surface area contributed by atoms with Crippen LogP contribution in [0.15, 0.2) is 67.0 Å². The summed E-state index contributed by atoms with van der Waals surface area (Å²) in [5.41, 5.74) is 5.28. The molecule has 3 rings (SSSR count). The first-order valence-electron chi connectivity index (χ1n) is 9.02. The van der Waals surface area contributed by atoms with Crippen molar-refractivity contribution in [2.45, 2.75) is 33.1 Å². The van der Waals surface area contributed by atoms with Gasteiger partial charge in [0.25, 0.3) is 5.91 Å². The first kappa shape index (κ1) is 18.6. The van der Waals surface area contributed by atoms with Crippen molar-refractivity contribution < 1.29 is 4.79 Å². The number of carbonyl (C=O) groups excluding carboxylic acids is 1. The van der Waals surface area contributed by atoms with Gasteiger partial charge < -0.3 is 10.6 Å². The average molecular weight is 359 g/mol. The minimum atomic E-state index is -0.174. The minimum Gasteiger partial charge on any atom is -0.354 e. The van der Waals surface area contributed by atoms with Crippen LogP contribution in [0.4, 0.5) is 17.1 Å². The third-order valence-corrected chi connectivity index (χ3v) is 4.29. The summed E-state index contributed by atoms with van der Waals surface area (Å²) in [7, 11) is 0. The summed E-state index contributed by atoms with van der Waals surface area (Å²) < 4.78 is 0. The fourth-order valence-electron chi connectivity index (χ4n) is 2.96. The van der Waals surface area contributed by atoms with E-state index in [1.807, 2.05) is 61.5 Å². The van der Waals surface area contributed by atoms with Gasteiger partial charge in [-0.25, -0.2) is 0 Å². The summed E-state index contributed by atoms with van der Waals surface area (Å²) in [6.45, 7) is 8.43. The predicted octanol–water partition coefficient (Wildman–Crippen LogP) is 5.68. The fraction of sp³-hybridized carbons (Fsp3) is 0.217. The van der Waals surface area contributed by atoms with Crippen molar-refractivity contribution in [3.05, 3.63) is 83.7 Å². The highest BCUT2D eigenvalue weighted by Gasteiger charge is 2.19. The molecule has 0 spiro atoms. The molecule has 27 heavy (non-hydrogen) atoms. The molecule has 4 heteroatoms. The van der Waals surface area contributed by atoms with Crippen LogP contribution < -0.4 is 10.6 Å². The number of benzene rings is 2. The lowest BCUT2D eigenvalue weighted by molar-refractivity contribution is 0.102. The number of aryl methyl sites for hydroxylation is 1. The Bertz CT molecular complexity index is 958. The molecule has 0 saturated carbocycles. The van der Waals surface area contributed by atoms with Gasteiger partial charge in [-0.15, -0.1) is 0 Å². The third-order valence-electron chi connectivity index (χ3n) is 4.29. The van der Waals surface area contributed by atoms with Gasteiger partial charge in [-0.2, -0.15) is 0 Å². The van der Waals surface area contributed by atoms with Gasteiger partial charge in [0.1, 0.15) is 0 Å². The zero-order chi connectivity index (χ0) is 19.4. The Morgan fingerprint density at radius 3 is 2.44 bits per heavy atom. The van der Waals surface area contributed by atoms with E-state index in [0.717, 1.165) is 22.6 Å². The molecule has 4 nitrogen and oxygen atoms in total. The Hall–Kier alpha value is -3.14. The monoisotopic (exact) mass is 359 g/mol. The van der Waals surface area contributed by atoms with E-state index < -0.39 is 0 Å². The normalized spacial score (nSPS) is 11.1. The molecule has 0 bridgehead atoms. The van der Waals surface area contributed by atoms with E-state index in [1.54, 1.807) is 12.4 Å². The molecule has 0 atom stereocenters. The van der Waals surface area contributed by atoms with Crippen LogP contribution in [0, 0.1) is 6.92 Å². The number of aromatic nitrogens is 1. The number of hydrogen-bond donors (Lipinski definition) is 2. The van der Waals surface area contributed by atoms with Crippen LogP contribution in [0.1, 0.15) is 42.3 Å². The van der Waals surface area contributed by atoms with E-state index in [2.05, 4.69) is 36.4 Å². The van der Waals surface area contributed by atoms with Gasteiger partial charge in [-0.3, -0.25) is 9.78 Å². The van der Waals surface area contributed by atoms with E-state index in [4.69, 9.17) is 0 Å². The van der Waals surface area contributed by atoms with E-state index in [9.17, 15) is 4.79 Å². The van der Waals surface area contributed by atoms with Crippen molar-refractivity contribution in [2.75, 3.05) is 10.6 Å². The van der Waals surface area contributed by atoms with Crippen molar-refractivity contribution in [1.82, 2.24) is 4.98 Å². The molecule has 1 amide bonds. The number of amides is 1. The van der Waals surface area contributed by atoms with Crippen LogP contribution in [-0.2, 0) is 5.41 Å². The predicted molar refractivity (Wildman–Crippen MR) is 112 cm³/mol. The molecule has 0 fully saturated rings. The molecule has 0 radical (unpaired) electrons. The zero-order valence-electron chi connectivity index (χ0n) is 16.2. The smallest absolute Gasteiger partial charge is 0.257 e. The molecule has 0 saturated heterocycles. The summed E-state index contributed by atoms with van der Waals surface area (Å²) >= 11 is 0. The maximum absolute atomic E-state index is 12.8. The van der Waals surface area contributed by atoms with Crippen LogP contribution in [0.3, 0.4) is 0 Å². The first-order valence-corrected chi connectivity index (χ1v) is 9.02. The van der Waals surface area contributed by atoms with Gasteiger partial charge in [0.2, 0.25) is 0 Å². The topological polar surface area (TPSA) is 54.0 Å². The van der Waals surface area contributed by atoms with Crippen molar-refractivity contribution >= 4 is 23.0 Å².